The number of hydrogen-bond donors (Lipinski definition) is 3. The van der Waals surface area contributed by atoms with Crippen LogP contribution in [0.15, 0.2) is 36.7 Å². The molecule has 1 unspecified atom stereocenters. The van der Waals surface area contributed by atoms with E-state index >= 15 is 0 Å². The summed E-state index contributed by atoms with van der Waals surface area (Å²) in [4.78, 5) is 11.7. The number of aliphatic hydroxyl groups excluding tert-OH is 1. The lowest BCUT2D eigenvalue weighted by atomic mass is 10.1. The molecule has 23 heavy (non-hydrogen) atoms. The van der Waals surface area contributed by atoms with Crippen LogP contribution in [-0.4, -0.2) is 34.0 Å². The van der Waals surface area contributed by atoms with Crippen molar-refractivity contribution in [1.29, 1.82) is 0 Å². The lowest BCUT2D eigenvalue weighted by Crippen LogP contribution is -2.38. The van der Waals surface area contributed by atoms with Gasteiger partial charge in [-0.05, 0) is 24.5 Å². The predicted molar refractivity (Wildman–Crippen MR) is 89.3 cm³/mol. The van der Waals surface area contributed by atoms with Gasteiger partial charge in [0, 0.05) is 36.9 Å². The Morgan fingerprint density at radius 3 is 2.87 bits per heavy atom. The Bertz CT molecular complexity index is 645. The summed E-state index contributed by atoms with van der Waals surface area (Å²) in [5.74, 6) is 0. The third-order valence-corrected chi connectivity index (χ3v) is 3.75. The van der Waals surface area contributed by atoms with Gasteiger partial charge in [0.25, 0.3) is 0 Å². The van der Waals surface area contributed by atoms with Crippen LogP contribution in [0.2, 0.25) is 5.02 Å². The average molecular weight is 337 g/mol. The van der Waals surface area contributed by atoms with Gasteiger partial charge in [-0.1, -0.05) is 29.8 Å². The molecule has 7 heteroatoms. The monoisotopic (exact) mass is 336 g/mol. The number of carbonyl (C=O) groups is 1. The van der Waals surface area contributed by atoms with E-state index in [1.54, 1.807) is 28.9 Å². The maximum atomic E-state index is 11.7. The largest absolute Gasteiger partial charge is 0.387 e. The standard InChI is InChI=1S/C16H21ClN4O2/c1-21-11-12(9-20-21)5-4-8-18-16(23)19-10-15(22)13-6-2-3-7-14(13)17/h2-3,6-7,9,11,15,22H,4-5,8,10H2,1H3,(H2,18,19,23). The van der Waals surface area contributed by atoms with E-state index in [2.05, 4.69) is 15.7 Å². The highest BCUT2D eigenvalue weighted by Crippen LogP contribution is 2.21. The first-order valence-electron chi connectivity index (χ1n) is 7.48. The molecule has 124 valence electrons. The van der Waals surface area contributed by atoms with Gasteiger partial charge in [-0.15, -0.1) is 0 Å². The van der Waals surface area contributed by atoms with Gasteiger partial charge in [-0.3, -0.25) is 4.68 Å². The van der Waals surface area contributed by atoms with Crippen molar-refractivity contribution in [3.05, 3.63) is 52.8 Å². The molecule has 0 bridgehead atoms. The van der Waals surface area contributed by atoms with Crippen LogP contribution in [0.5, 0.6) is 0 Å². The number of rotatable bonds is 7. The topological polar surface area (TPSA) is 79.2 Å². The van der Waals surface area contributed by atoms with E-state index in [0.29, 0.717) is 17.1 Å². The Hall–Kier alpha value is -2.05. The molecule has 0 aliphatic rings. The summed E-state index contributed by atoms with van der Waals surface area (Å²) in [5, 5.41) is 20.0. The molecule has 2 rings (SSSR count). The molecule has 6 nitrogen and oxygen atoms in total. The van der Waals surface area contributed by atoms with Gasteiger partial charge >= 0.3 is 6.03 Å². The van der Waals surface area contributed by atoms with Gasteiger partial charge in [-0.2, -0.15) is 5.10 Å². The van der Waals surface area contributed by atoms with Crippen molar-refractivity contribution in [3.63, 3.8) is 0 Å². The second-order valence-electron chi connectivity index (χ2n) is 5.30. The summed E-state index contributed by atoms with van der Waals surface area (Å²) < 4.78 is 1.76. The maximum Gasteiger partial charge on any atom is 0.314 e. The van der Waals surface area contributed by atoms with Gasteiger partial charge in [0.2, 0.25) is 0 Å². The van der Waals surface area contributed by atoms with Crippen LogP contribution in [0.1, 0.15) is 23.7 Å². The summed E-state index contributed by atoms with van der Waals surface area (Å²) >= 11 is 6.00. The fraction of sp³-hybridized carbons (Fsp3) is 0.375. The average Bonchev–Trinajstić information content (AvgIpc) is 2.95. The van der Waals surface area contributed by atoms with Crippen LogP contribution >= 0.6 is 11.6 Å². The second-order valence-corrected chi connectivity index (χ2v) is 5.71. The summed E-state index contributed by atoms with van der Waals surface area (Å²) in [5.41, 5.74) is 1.75. The number of nitrogens with zero attached hydrogens (tertiary/aromatic N) is 2. The minimum atomic E-state index is -0.829. The number of aromatic nitrogens is 2. The first-order chi connectivity index (χ1) is 11.1. The van der Waals surface area contributed by atoms with Gasteiger partial charge in [0.05, 0.1) is 12.3 Å². The van der Waals surface area contributed by atoms with E-state index < -0.39 is 6.10 Å². The molecule has 0 saturated heterocycles. The lowest BCUT2D eigenvalue weighted by Gasteiger charge is -2.14. The Morgan fingerprint density at radius 1 is 1.39 bits per heavy atom. The zero-order valence-corrected chi connectivity index (χ0v) is 13.8. The van der Waals surface area contributed by atoms with Crippen LogP contribution in [-0.2, 0) is 13.5 Å². The highest BCUT2D eigenvalue weighted by Gasteiger charge is 2.12. The van der Waals surface area contributed by atoms with Crippen LogP contribution in [0.3, 0.4) is 0 Å². The minimum absolute atomic E-state index is 0.109. The molecule has 0 aliphatic carbocycles. The Labute approximate surface area is 140 Å². The first-order valence-corrected chi connectivity index (χ1v) is 7.86. The van der Waals surface area contributed by atoms with Crippen molar-refractivity contribution in [1.82, 2.24) is 20.4 Å². The summed E-state index contributed by atoms with van der Waals surface area (Å²) in [6.45, 7) is 0.668. The molecule has 1 aromatic carbocycles. The molecule has 0 aliphatic heterocycles. The number of hydrogen-bond acceptors (Lipinski definition) is 3. The van der Waals surface area contributed by atoms with Crippen LogP contribution < -0.4 is 10.6 Å². The molecule has 0 saturated carbocycles. The van der Waals surface area contributed by atoms with Crippen molar-refractivity contribution in [2.45, 2.75) is 18.9 Å². The second kappa shape index (κ2) is 8.55. The Balaban J connectivity index is 1.64. The van der Waals surface area contributed by atoms with Gasteiger partial charge in [0.1, 0.15) is 0 Å². The molecule has 0 fully saturated rings. The molecular weight excluding hydrogens is 316 g/mol. The normalized spacial score (nSPS) is 12.0. The maximum absolute atomic E-state index is 11.7. The number of benzene rings is 1. The van der Waals surface area contributed by atoms with Crippen LogP contribution in [0.4, 0.5) is 4.79 Å². The van der Waals surface area contributed by atoms with E-state index in [-0.39, 0.29) is 12.6 Å². The van der Waals surface area contributed by atoms with E-state index in [0.717, 1.165) is 18.4 Å². The molecule has 1 atom stereocenters. The highest BCUT2D eigenvalue weighted by molar-refractivity contribution is 6.31. The number of halogens is 1. The van der Waals surface area contributed by atoms with Gasteiger partial charge < -0.3 is 15.7 Å². The SMILES string of the molecule is Cn1cc(CCCNC(=O)NCC(O)c2ccccc2Cl)cn1. The number of urea groups is 1. The van der Waals surface area contributed by atoms with Crippen LogP contribution in [0.25, 0.3) is 0 Å². The van der Waals surface area contributed by atoms with Gasteiger partial charge in [0.15, 0.2) is 0 Å². The molecule has 3 N–H and O–H groups in total. The number of aryl methyl sites for hydroxylation is 2. The van der Waals surface area contributed by atoms with Crippen LogP contribution in [0, 0.1) is 0 Å². The smallest absolute Gasteiger partial charge is 0.314 e. The van der Waals surface area contributed by atoms with Crippen molar-refractivity contribution in [2.24, 2.45) is 7.05 Å². The third-order valence-electron chi connectivity index (χ3n) is 3.41. The lowest BCUT2D eigenvalue weighted by molar-refractivity contribution is 0.173. The molecule has 2 amide bonds. The van der Waals surface area contributed by atoms with Crippen molar-refractivity contribution >= 4 is 17.6 Å². The quantitative estimate of drug-likeness (QED) is 0.677. The Morgan fingerprint density at radius 2 is 2.17 bits per heavy atom. The number of amides is 2. The summed E-state index contributed by atoms with van der Waals surface area (Å²) in [6, 6.07) is 6.73. The van der Waals surface area contributed by atoms with E-state index in [4.69, 9.17) is 11.6 Å². The zero-order chi connectivity index (χ0) is 16.7. The molecule has 1 heterocycles. The van der Waals surface area contributed by atoms with E-state index in [9.17, 15) is 9.90 Å². The zero-order valence-electron chi connectivity index (χ0n) is 13.0. The number of nitrogens with one attached hydrogen (secondary N) is 2. The highest BCUT2D eigenvalue weighted by atomic mass is 35.5. The molecule has 0 radical (unpaired) electrons. The molecule has 1 aromatic heterocycles. The fourth-order valence-electron chi connectivity index (χ4n) is 2.20. The Kier molecular flexibility index (Phi) is 6.43. The summed E-state index contributed by atoms with van der Waals surface area (Å²) in [7, 11) is 1.87. The van der Waals surface area contributed by atoms with Crippen molar-refractivity contribution in [3.8, 4) is 0 Å². The van der Waals surface area contributed by atoms with Crippen molar-refractivity contribution in [2.75, 3.05) is 13.1 Å². The van der Waals surface area contributed by atoms with E-state index in [1.807, 2.05) is 19.4 Å². The fourth-order valence-corrected chi connectivity index (χ4v) is 2.46. The van der Waals surface area contributed by atoms with Crippen molar-refractivity contribution < 1.29 is 9.90 Å². The van der Waals surface area contributed by atoms with Gasteiger partial charge in [-0.25, -0.2) is 4.79 Å². The predicted octanol–water partition coefficient (Wildman–Crippen LogP) is 2.04. The number of aliphatic hydroxyl groups is 1. The number of carbonyl (C=O) groups excluding carboxylic acids is 1. The molecular formula is C16H21ClN4O2. The van der Waals surface area contributed by atoms with E-state index in [1.165, 1.54) is 0 Å². The third kappa shape index (κ3) is 5.58. The molecule has 0 spiro atoms. The summed E-state index contributed by atoms with van der Waals surface area (Å²) in [6.07, 6.45) is 4.63. The molecule has 2 aromatic rings. The minimum Gasteiger partial charge on any atom is -0.387 e. The first kappa shape index (κ1) is 17.3.